The van der Waals surface area contributed by atoms with E-state index in [2.05, 4.69) is 32.6 Å². The molecule has 6 heteroatoms. The van der Waals surface area contributed by atoms with Gasteiger partial charge in [-0.25, -0.2) is 9.97 Å². The Labute approximate surface area is 106 Å². The van der Waals surface area contributed by atoms with Crippen LogP contribution in [-0.4, -0.2) is 28.3 Å². The molecule has 0 aromatic carbocycles. The first kappa shape index (κ1) is 11.1. The maximum Gasteiger partial charge on any atom is 0.146 e. The van der Waals surface area contributed by atoms with Crippen LogP contribution >= 0.6 is 34.2 Å². The minimum absolute atomic E-state index is 0.501. The van der Waals surface area contributed by atoms with E-state index in [0.717, 1.165) is 21.1 Å². The van der Waals surface area contributed by atoms with E-state index in [-0.39, 0.29) is 0 Å². The van der Waals surface area contributed by atoms with Crippen molar-refractivity contribution in [1.82, 2.24) is 14.5 Å². The zero-order valence-electron chi connectivity index (χ0n) is 8.07. The SMILES string of the molecule is COCCn1cc(I)c2c(Cl)ncnc21. The molecule has 4 nitrogen and oxygen atoms in total. The van der Waals surface area contributed by atoms with Crippen molar-refractivity contribution >= 4 is 45.2 Å². The van der Waals surface area contributed by atoms with E-state index in [4.69, 9.17) is 16.3 Å². The molecule has 0 amide bonds. The largest absolute Gasteiger partial charge is 0.383 e. The number of fused-ring (bicyclic) bond motifs is 1. The molecule has 2 heterocycles. The van der Waals surface area contributed by atoms with Crippen molar-refractivity contribution in [2.75, 3.05) is 13.7 Å². The van der Waals surface area contributed by atoms with Gasteiger partial charge in [0.05, 0.1) is 12.0 Å². The summed E-state index contributed by atoms with van der Waals surface area (Å²) in [7, 11) is 1.68. The van der Waals surface area contributed by atoms with E-state index in [1.54, 1.807) is 7.11 Å². The first-order valence-electron chi connectivity index (χ1n) is 4.38. The molecular weight excluding hydrogens is 328 g/mol. The summed E-state index contributed by atoms with van der Waals surface area (Å²) < 4.78 is 8.12. The van der Waals surface area contributed by atoms with Gasteiger partial charge in [0.15, 0.2) is 0 Å². The smallest absolute Gasteiger partial charge is 0.146 e. The highest BCUT2D eigenvalue weighted by molar-refractivity contribution is 14.1. The molecule has 0 radical (unpaired) electrons. The zero-order valence-corrected chi connectivity index (χ0v) is 11.0. The Balaban J connectivity index is 2.53. The van der Waals surface area contributed by atoms with Gasteiger partial charge in [0, 0.05) is 23.4 Å². The van der Waals surface area contributed by atoms with Crippen molar-refractivity contribution in [3.05, 3.63) is 21.2 Å². The fraction of sp³-hybridized carbons (Fsp3) is 0.333. The third kappa shape index (κ3) is 2.09. The molecule has 2 rings (SSSR count). The number of rotatable bonds is 3. The predicted molar refractivity (Wildman–Crippen MR) is 67.1 cm³/mol. The van der Waals surface area contributed by atoms with E-state index < -0.39 is 0 Å². The van der Waals surface area contributed by atoms with E-state index >= 15 is 0 Å². The van der Waals surface area contributed by atoms with E-state index in [9.17, 15) is 0 Å². The van der Waals surface area contributed by atoms with Crippen molar-refractivity contribution in [3.63, 3.8) is 0 Å². The standard InChI is InChI=1S/C9H9ClIN3O/c1-15-3-2-14-4-6(11)7-8(10)12-5-13-9(7)14/h4-5H,2-3H2,1H3. The first-order valence-corrected chi connectivity index (χ1v) is 5.83. The van der Waals surface area contributed by atoms with Gasteiger partial charge in [0.1, 0.15) is 17.1 Å². The van der Waals surface area contributed by atoms with Crippen LogP contribution in [0.25, 0.3) is 11.0 Å². The first-order chi connectivity index (χ1) is 7.24. The normalized spacial score (nSPS) is 11.1. The molecular formula is C9H9ClIN3O. The average molecular weight is 338 g/mol. The third-order valence-corrected chi connectivity index (χ3v) is 3.20. The van der Waals surface area contributed by atoms with Crippen LogP contribution in [0.4, 0.5) is 0 Å². The number of ether oxygens (including phenoxy) is 1. The number of hydrogen-bond acceptors (Lipinski definition) is 3. The molecule has 0 aliphatic heterocycles. The third-order valence-electron chi connectivity index (χ3n) is 2.10. The van der Waals surface area contributed by atoms with Gasteiger partial charge in [-0.05, 0) is 22.6 Å². The van der Waals surface area contributed by atoms with Crippen molar-refractivity contribution in [2.45, 2.75) is 6.54 Å². The van der Waals surface area contributed by atoms with Gasteiger partial charge in [-0.1, -0.05) is 11.6 Å². The van der Waals surface area contributed by atoms with Crippen LogP contribution in [0.2, 0.25) is 5.15 Å². The van der Waals surface area contributed by atoms with E-state index in [1.165, 1.54) is 6.33 Å². The molecule has 2 aromatic rings. The summed E-state index contributed by atoms with van der Waals surface area (Å²) in [4.78, 5) is 8.19. The number of aromatic nitrogens is 3. The molecule has 0 unspecified atom stereocenters. The Morgan fingerprint density at radius 2 is 2.33 bits per heavy atom. The summed E-state index contributed by atoms with van der Waals surface area (Å²) in [5.41, 5.74) is 0.858. The molecule has 0 aliphatic rings. The highest BCUT2D eigenvalue weighted by Gasteiger charge is 2.11. The molecule has 0 atom stereocenters. The minimum atomic E-state index is 0.501. The van der Waals surface area contributed by atoms with Crippen LogP contribution in [0.15, 0.2) is 12.5 Å². The molecule has 0 fully saturated rings. The van der Waals surface area contributed by atoms with Gasteiger partial charge in [-0.3, -0.25) is 0 Å². The number of nitrogens with zero attached hydrogens (tertiary/aromatic N) is 3. The quantitative estimate of drug-likeness (QED) is 0.637. The molecule has 15 heavy (non-hydrogen) atoms. The lowest BCUT2D eigenvalue weighted by Gasteiger charge is -2.02. The Morgan fingerprint density at radius 1 is 1.53 bits per heavy atom. The predicted octanol–water partition coefficient (Wildman–Crippen LogP) is 2.34. The second kappa shape index (κ2) is 4.63. The summed E-state index contributed by atoms with van der Waals surface area (Å²) in [5.74, 6) is 0. The topological polar surface area (TPSA) is 39.9 Å². The van der Waals surface area contributed by atoms with Crippen LogP contribution in [0, 0.1) is 3.57 Å². The maximum absolute atomic E-state index is 6.01. The van der Waals surface area contributed by atoms with Crippen molar-refractivity contribution in [2.24, 2.45) is 0 Å². The lowest BCUT2D eigenvalue weighted by molar-refractivity contribution is 0.188. The molecule has 80 valence electrons. The summed E-state index contributed by atoms with van der Waals surface area (Å²) >= 11 is 8.24. The zero-order chi connectivity index (χ0) is 10.8. The van der Waals surface area contributed by atoms with E-state index in [1.807, 2.05) is 10.8 Å². The Hall–Kier alpha value is -0.400. The average Bonchev–Trinajstić information content (AvgIpc) is 2.54. The second-order valence-corrected chi connectivity index (χ2v) is 4.55. The van der Waals surface area contributed by atoms with Gasteiger partial charge >= 0.3 is 0 Å². The molecule has 0 N–H and O–H groups in total. The minimum Gasteiger partial charge on any atom is -0.383 e. The van der Waals surface area contributed by atoms with Crippen molar-refractivity contribution in [1.29, 1.82) is 0 Å². The van der Waals surface area contributed by atoms with Crippen LogP contribution in [0.5, 0.6) is 0 Å². The van der Waals surface area contributed by atoms with Gasteiger partial charge in [-0.2, -0.15) is 0 Å². The Morgan fingerprint density at radius 3 is 3.07 bits per heavy atom. The monoisotopic (exact) mass is 337 g/mol. The van der Waals surface area contributed by atoms with Crippen LogP contribution < -0.4 is 0 Å². The van der Waals surface area contributed by atoms with Crippen molar-refractivity contribution in [3.8, 4) is 0 Å². The summed E-state index contributed by atoms with van der Waals surface area (Å²) in [6.07, 6.45) is 3.48. The lowest BCUT2D eigenvalue weighted by atomic mass is 10.4. The summed E-state index contributed by atoms with van der Waals surface area (Å²) in [6.45, 7) is 1.42. The highest BCUT2D eigenvalue weighted by Crippen LogP contribution is 2.26. The molecule has 2 aromatic heterocycles. The fourth-order valence-electron chi connectivity index (χ4n) is 1.40. The van der Waals surface area contributed by atoms with Crippen LogP contribution in [-0.2, 0) is 11.3 Å². The Kier molecular flexibility index (Phi) is 3.42. The van der Waals surface area contributed by atoms with Crippen LogP contribution in [0.3, 0.4) is 0 Å². The van der Waals surface area contributed by atoms with Gasteiger partial charge in [0.25, 0.3) is 0 Å². The molecule has 0 bridgehead atoms. The fourth-order valence-corrected chi connectivity index (χ4v) is 2.62. The van der Waals surface area contributed by atoms with Gasteiger partial charge in [-0.15, -0.1) is 0 Å². The molecule has 0 saturated carbocycles. The van der Waals surface area contributed by atoms with E-state index in [0.29, 0.717) is 11.8 Å². The molecule has 0 spiro atoms. The number of methoxy groups -OCH3 is 1. The van der Waals surface area contributed by atoms with Gasteiger partial charge in [0.2, 0.25) is 0 Å². The highest BCUT2D eigenvalue weighted by atomic mass is 127. The van der Waals surface area contributed by atoms with Gasteiger partial charge < -0.3 is 9.30 Å². The number of hydrogen-bond donors (Lipinski definition) is 0. The molecule has 0 saturated heterocycles. The maximum atomic E-state index is 6.01. The Bertz CT molecular complexity index is 485. The second-order valence-electron chi connectivity index (χ2n) is 3.03. The number of halogens is 2. The lowest BCUT2D eigenvalue weighted by Crippen LogP contribution is -2.03. The summed E-state index contributed by atoms with van der Waals surface area (Å²) in [5, 5.41) is 1.41. The van der Waals surface area contributed by atoms with Crippen LogP contribution in [0.1, 0.15) is 0 Å². The van der Waals surface area contributed by atoms with Crippen molar-refractivity contribution < 1.29 is 4.74 Å². The molecule has 0 aliphatic carbocycles. The summed E-state index contributed by atoms with van der Waals surface area (Å²) in [6, 6.07) is 0.